The number of carboxylic acid groups (broad SMARTS) is 1. The minimum absolute atomic E-state index is 0.0206. The van der Waals surface area contributed by atoms with Gasteiger partial charge in [-0.25, -0.2) is 13.2 Å². The van der Waals surface area contributed by atoms with Gasteiger partial charge in [0.25, 0.3) is 5.92 Å². The second kappa shape index (κ2) is 8.32. The van der Waals surface area contributed by atoms with Crippen LogP contribution in [0.15, 0.2) is 18.2 Å². The van der Waals surface area contributed by atoms with Crippen LogP contribution in [-0.2, 0) is 9.59 Å². The summed E-state index contributed by atoms with van der Waals surface area (Å²) < 4.78 is 42.5. The fourth-order valence-electron chi connectivity index (χ4n) is 3.80. The fraction of sp³-hybridized carbons (Fsp3) is 0.619. The minimum atomic E-state index is -2.89. The number of thioether (sulfide) groups is 1. The number of amides is 1. The number of hydrogen-bond donors (Lipinski definition) is 1. The van der Waals surface area contributed by atoms with Gasteiger partial charge < -0.3 is 14.9 Å². The van der Waals surface area contributed by atoms with Gasteiger partial charge in [0.15, 0.2) is 0 Å². The Kier molecular flexibility index (Phi) is 6.32. The lowest BCUT2D eigenvalue weighted by Gasteiger charge is -2.31. The number of rotatable bonds is 6. The van der Waals surface area contributed by atoms with Gasteiger partial charge in [0.05, 0.1) is 23.9 Å². The molecule has 1 aromatic rings. The standard InChI is InChI=1S/C21H27F3N2O3S/c1-20(2,3)7-10-26-18(29)15(11-16(27)28)30-19(26)13-5-4-6-14(22)17(13)25-9-8-21(23,24)12-25/h4-6,15,19H,7-12H2,1-3H3,(H,27,28). The molecule has 0 saturated carbocycles. The number of carbonyl (C=O) groups excluding carboxylic acids is 1. The van der Waals surface area contributed by atoms with Crippen LogP contribution in [0.2, 0.25) is 0 Å². The lowest BCUT2D eigenvalue weighted by Crippen LogP contribution is -2.35. The average Bonchev–Trinajstić information content (AvgIpc) is 3.11. The third kappa shape index (κ3) is 5.04. The first-order valence-electron chi connectivity index (χ1n) is 9.97. The minimum Gasteiger partial charge on any atom is -0.481 e. The molecule has 30 heavy (non-hydrogen) atoms. The average molecular weight is 445 g/mol. The van der Waals surface area contributed by atoms with Gasteiger partial charge in [-0.2, -0.15) is 0 Å². The zero-order valence-electron chi connectivity index (χ0n) is 17.3. The topological polar surface area (TPSA) is 60.9 Å². The van der Waals surface area contributed by atoms with E-state index in [1.165, 1.54) is 17.0 Å². The van der Waals surface area contributed by atoms with Crippen LogP contribution in [0.25, 0.3) is 0 Å². The maximum atomic E-state index is 14.8. The first-order chi connectivity index (χ1) is 13.9. The van der Waals surface area contributed by atoms with Crippen LogP contribution >= 0.6 is 11.8 Å². The van der Waals surface area contributed by atoms with Crippen molar-refractivity contribution in [2.45, 2.75) is 56.6 Å². The molecule has 3 rings (SSSR count). The van der Waals surface area contributed by atoms with Gasteiger partial charge in [-0.15, -0.1) is 11.8 Å². The molecule has 2 atom stereocenters. The first-order valence-corrected chi connectivity index (χ1v) is 10.9. The highest BCUT2D eigenvalue weighted by Gasteiger charge is 2.45. The van der Waals surface area contributed by atoms with E-state index in [1.807, 2.05) is 20.8 Å². The van der Waals surface area contributed by atoms with Crippen molar-refractivity contribution in [2.24, 2.45) is 5.41 Å². The van der Waals surface area contributed by atoms with Gasteiger partial charge in [0.2, 0.25) is 5.91 Å². The maximum absolute atomic E-state index is 14.8. The fourth-order valence-corrected chi connectivity index (χ4v) is 5.29. The van der Waals surface area contributed by atoms with Crippen molar-refractivity contribution in [1.82, 2.24) is 4.90 Å². The smallest absolute Gasteiger partial charge is 0.305 e. The Labute approximate surface area is 178 Å². The quantitative estimate of drug-likeness (QED) is 0.699. The normalized spacial score (nSPS) is 24.0. The molecule has 2 aliphatic rings. The van der Waals surface area contributed by atoms with Crippen molar-refractivity contribution in [3.05, 3.63) is 29.6 Å². The van der Waals surface area contributed by atoms with Gasteiger partial charge in [-0.1, -0.05) is 32.9 Å². The molecule has 5 nitrogen and oxygen atoms in total. The number of carbonyl (C=O) groups is 2. The van der Waals surface area contributed by atoms with Crippen LogP contribution in [-0.4, -0.2) is 52.7 Å². The van der Waals surface area contributed by atoms with Gasteiger partial charge >= 0.3 is 5.97 Å². The molecule has 0 bridgehead atoms. The predicted octanol–water partition coefficient (Wildman–Crippen LogP) is 4.52. The van der Waals surface area contributed by atoms with Crippen molar-refractivity contribution < 1.29 is 27.9 Å². The van der Waals surface area contributed by atoms with E-state index in [0.717, 1.165) is 11.8 Å². The van der Waals surface area contributed by atoms with Crippen molar-refractivity contribution >= 4 is 29.3 Å². The summed E-state index contributed by atoms with van der Waals surface area (Å²) in [7, 11) is 0. The number of alkyl halides is 2. The van der Waals surface area contributed by atoms with Crippen LogP contribution < -0.4 is 4.90 Å². The van der Waals surface area contributed by atoms with Gasteiger partial charge in [-0.3, -0.25) is 9.59 Å². The molecule has 2 saturated heterocycles. The zero-order chi connectivity index (χ0) is 22.3. The Morgan fingerprint density at radius 3 is 2.60 bits per heavy atom. The van der Waals surface area contributed by atoms with Crippen LogP contribution in [0.5, 0.6) is 0 Å². The number of benzene rings is 1. The number of nitrogens with zero attached hydrogens (tertiary/aromatic N) is 2. The van der Waals surface area contributed by atoms with Crippen LogP contribution in [0.3, 0.4) is 0 Å². The Morgan fingerprint density at radius 1 is 1.33 bits per heavy atom. The summed E-state index contributed by atoms with van der Waals surface area (Å²) in [6, 6.07) is 4.37. The summed E-state index contributed by atoms with van der Waals surface area (Å²) in [6.07, 6.45) is -0.0205. The molecule has 0 radical (unpaired) electrons. The summed E-state index contributed by atoms with van der Waals surface area (Å²) >= 11 is 1.16. The summed E-state index contributed by atoms with van der Waals surface area (Å²) in [5, 5.41) is 7.78. The largest absolute Gasteiger partial charge is 0.481 e. The zero-order valence-corrected chi connectivity index (χ0v) is 18.1. The highest BCUT2D eigenvalue weighted by Crippen LogP contribution is 2.49. The lowest BCUT2D eigenvalue weighted by molar-refractivity contribution is -0.140. The Morgan fingerprint density at radius 2 is 2.03 bits per heavy atom. The van der Waals surface area contributed by atoms with E-state index in [-0.39, 0.29) is 36.4 Å². The molecule has 0 spiro atoms. The molecule has 1 amide bonds. The Hall–Kier alpha value is -1.90. The number of anilines is 1. The van der Waals surface area contributed by atoms with Crippen LogP contribution in [0.1, 0.15) is 51.0 Å². The predicted molar refractivity (Wildman–Crippen MR) is 110 cm³/mol. The van der Waals surface area contributed by atoms with E-state index in [9.17, 15) is 27.9 Å². The summed E-state index contributed by atoms with van der Waals surface area (Å²) in [4.78, 5) is 27.1. The van der Waals surface area contributed by atoms with Crippen molar-refractivity contribution in [3.8, 4) is 0 Å². The van der Waals surface area contributed by atoms with Crippen molar-refractivity contribution in [1.29, 1.82) is 0 Å². The van der Waals surface area contributed by atoms with Gasteiger partial charge in [0.1, 0.15) is 11.2 Å². The Balaban J connectivity index is 1.97. The van der Waals surface area contributed by atoms with E-state index in [4.69, 9.17) is 0 Å². The molecular formula is C21H27F3N2O3S. The molecule has 2 heterocycles. The number of aliphatic carboxylic acids is 1. The highest BCUT2D eigenvalue weighted by molar-refractivity contribution is 8.01. The van der Waals surface area contributed by atoms with Gasteiger partial charge in [-0.05, 0) is 17.9 Å². The first kappa shape index (κ1) is 22.8. The molecule has 2 fully saturated rings. The maximum Gasteiger partial charge on any atom is 0.305 e. The van der Waals surface area contributed by atoms with E-state index in [0.29, 0.717) is 18.5 Å². The van der Waals surface area contributed by atoms with Crippen molar-refractivity contribution in [3.63, 3.8) is 0 Å². The van der Waals surface area contributed by atoms with E-state index in [1.54, 1.807) is 11.0 Å². The van der Waals surface area contributed by atoms with Crippen LogP contribution in [0.4, 0.5) is 18.9 Å². The summed E-state index contributed by atoms with van der Waals surface area (Å²) in [5.74, 6) is -4.90. The van der Waals surface area contributed by atoms with Crippen molar-refractivity contribution in [2.75, 3.05) is 24.5 Å². The highest BCUT2D eigenvalue weighted by atomic mass is 32.2. The third-order valence-corrected chi connectivity index (χ3v) is 6.83. The molecule has 166 valence electrons. The second-order valence-corrected chi connectivity index (χ2v) is 10.4. The monoisotopic (exact) mass is 444 g/mol. The number of hydrogen-bond acceptors (Lipinski definition) is 4. The molecular weight excluding hydrogens is 417 g/mol. The van der Waals surface area contributed by atoms with E-state index >= 15 is 0 Å². The Bertz CT molecular complexity index is 828. The van der Waals surface area contributed by atoms with Crippen LogP contribution in [0, 0.1) is 11.2 Å². The molecule has 2 unspecified atom stereocenters. The van der Waals surface area contributed by atoms with E-state index < -0.39 is 34.9 Å². The molecule has 0 aromatic heterocycles. The second-order valence-electron chi connectivity index (χ2n) is 9.12. The molecule has 1 N–H and O–H groups in total. The SMILES string of the molecule is CC(C)(C)CCN1C(=O)C(CC(=O)O)SC1c1cccc(F)c1N1CCC(F)(F)C1. The lowest BCUT2D eigenvalue weighted by atomic mass is 9.92. The number of para-hydroxylation sites is 1. The number of halogens is 3. The molecule has 0 aliphatic carbocycles. The van der Waals surface area contributed by atoms with Gasteiger partial charge in [0, 0.05) is 25.1 Å². The summed E-state index contributed by atoms with van der Waals surface area (Å²) in [5.41, 5.74) is 0.451. The summed E-state index contributed by atoms with van der Waals surface area (Å²) in [6.45, 7) is 5.92. The molecule has 9 heteroatoms. The third-order valence-electron chi connectivity index (χ3n) is 5.37. The van der Waals surface area contributed by atoms with E-state index in [2.05, 4.69) is 0 Å². The molecule has 2 aliphatic heterocycles. The number of carboxylic acids is 1. The molecule has 1 aromatic carbocycles.